The van der Waals surface area contributed by atoms with Crippen molar-refractivity contribution in [3.63, 3.8) is 0 Å². The van der Waals surface area contributed by atoms with Crippen molar-refractivity contribution in [1.82, 2.24) is 0 Å². The van der Waals surface area contributed by atoms with Crippen LogP contribution < -0.4 is 0 Å². The van der Waals surface area contributed by atoms with E-state index in [4.69, 9.17) is 4.42 Å². The van der Waals surface area contributed by atoms with E-state index in [-0.39, 0.29) is 0 Å². The zero-order valence-electron chi connectivity index (χ0n) is 33.7. The normalized spacial score (nSPS) is 12.5. The fraction of sp³-hybridized carbons (Fsp3) is 0.0333. The lowest BCUT2D eigenvalue weighted by Gasteiger charge is -2.20. The third-order valence-corrected chi connectivity index (χ3v) is 13.3. The Labute approximate surface area is 353 Å². The highest BCUT2D eigenvalue weighted by molar-refractivity contribution is 6.47. The topological polar surface area (TPSA) is 13.1 Å². The summed E-state index contributed by atoms with van der Waals surface area (Å²) in [5, 5.41) is 17.9. The van der Waals surface area contributed by atoms with Crippen LogP contribution in [-0.2, 0) is 6.42 Å². The number of rotatable bonds is 6. The van der Waals surface area contributed by atoms with E-state index in [1.165, 1.54) is 115 Å². The van der Waals surface area contributed by atoms with Gasteiger partial charge < -0.3 is 4.42 Å². The lowest BCUT2D eigenvalue weighted by atomic mass is 9.82. The van der Waals surface area contributed by atoms with E-state index in [1.54, 1.807) is 0 Å². The van der Waals surface area contributed by atoms with Gasteiger partial charge in [-0.25, -0.2) is 0 Å². The molecule has 0 aliphatic heterocycles. The zero-order valence-corrected chi connectivity index (χ0v) is 33.7. The van der Waals surface area contributed by atoms with E-state index in [0.717, 1.165) is 28.5 Å². The molecule has 0 fully saturated rings. The van der Waals surface area contributed by atoms with Crippen LogP contribution in [0, 0.1) is 6.92 Å². The van der Waals surface area contributed by atoms with Gasteiger partial charge in [0.25, 0.3) is 0 Å². The first kappa shape index (κ1) is 34.2. The van der Waals surface area contributed by atoms with Crippen LogP contribution in [0.25, 0.3) is 120 Å². The van der Waals surface area contributed by atoms with Crippen molar-refractivity contribution in [3.8, 4) is 22.3 Å². The van der Waals surface area contributed by atoms with E-state index in [1.807, 2.05) is 0 Å². The fourth-order valence-corrected chi connectivity index (χ4v) is 10.3. The summed E-state index contributed by atoms with van der Waals surface area (Å²) in [6.45, 7) is 2.15. The van der Waals surface area contributed by atoms with Crippen molar-refractivity contribution in [1.29, 1.82) is 0 Å². The first-order valence-corrected chi connectivity index (χ1v) is 21.3. The van der Waals surface area contributed by atoms with Crippen LogP contribution in [0.4, 0.5) is 0 Å². The highest BCUT2D eigenvalue weighted by Gasteiger charge is 2.24. The van der Waals surface area contributed by atoms with E-state index < -0.39 is 0 Å². The van der Waals surface area contributed by atoms with E-state index in [0.29, 0.717) is 0 Å². The Kier molecular flexibility index (Phi) is 7.35. The summed E-state index contributed by atoms with van der Waals surface area (Å²) in [4.78, 5) is 0. The van der Waals surface area contributed by atoms with Crippen LogP contribution in [-0.4, -0.2) is 0 Å². The molecule has 0 aliphatic rings. The molecular formula is C60H38O. The van der Waals surface area contributed by atoms with E-state index in [9.17, 15) is 0 Å². The molecular weight excluding hydrogens is 737 g/mol. The Balaban J connectivity index is 0.969. The Morgan fingerprint density at radius 2 is 0.918 bits per heavy atom. The minimum absolute atomic E-state index is 0.874. The van der Waals surface area contributed by atoms with Gasteiger partial charge in [0.2, 0.25) is 0 Å². The lowest BCUT2D eigenvalue weighted by molar-refractivity contribution is 0.673. The first-order chi connectivity index (χ1) is 30.1. The standard InChI is InChI=1S/C60H38O/c1-36-18-22-40(23-19-36)42-26-28-47-53(34-42)45-30-31-46(45)55-49-14-8-16-51-57(49)58-50(56(47)55)15-9-17-52(58)60-59(51)48-29-27-43(35-54(48)61-60)41-24-20-38(21-25-41)33-44(39-12-6-3-7-13-39)32-37-10-4-2-5-11-37/h2-31,33-35H,32H2,1H3/b44-33-. The molecule has 12 aromatic carbocycles. The average molecular weight is 775 g/mol. The molecule has 0 N–H and O–H groups in total. The Hall–Kier alpha value is -7.74. The molecule has 0 amide bonds. The van der Waals surface area contributed by atoms with Crippen molar-refractivity contribution in [2.45, 2.75) is 13.3 Å². The largest absolute Gasteiger partial charge is 0.455 e. The predicted molar refractivity (Wildman–Crippen MR) is 261 cm³/mol. The third kappa shape index (κ3) is 5.20. The summed E-state index contributed by atoms with van der Waals surface area (Å²) in [6.07, 6.45) is 3.20. The van der Waals surface area contributed by atoms with Crippen LogP contribution in [0.5, 0.6) is 0 Å². The summed E-state index contributed by atoms with van der Waals surface area (Å²) in [5.41, 5.74) is 13.0. The number of fused-ring (bicyclic) bond motifs is 13. The second-order valence-corrected chi connectivity index (χ2v) is 16.8. The zero-order chi connectivity index (χ0) is 40.2. The van der Waals surface area contributed by atoms with Gasteiger partial charge in [0.05, 0.1) is 0 Å². The van der Waals surface area contributed by atoms with E-state index >= 15 is 0 Å². The molecule has 0 aliphatic carbocycles. The smallest absolute Gasteiger partial charge is 0.143 e. The number of aryl methyl sites for hydroxylation is 1. The molecule has 0 atom stereocenters. The molecule has 13 rings (SSSR count). The van der Waals surface area contributed by atoms with Crippen molar-refractivity contribution in [2.75, 3.05) is 0 Å². The summed E-state index contributed by atoms with van der Waals surface area (Å²) in [7, 11) is 0. The Morgan fingerprint density at radius 1 is 0.393 bits per heavy atom. The van der Waals surface area contributed by atoms with E-state index in [2.05, 4.69) is 207 Å². The lowest BCUT2D eigenvalue weighted by Crippen LogP contribution is -1.92. The van der Waals surface area contributed by atoms with Gasteiger partial charge in [-0.05, 0) is 130 Å². The molecule has 61 heavy (non-hydrogen) atoms. The minimum Gasteiger partial charge on any atom is -0.455 e. The van der Waals surface area contributed by atoms with Gasteiger partial charge in [-0.3, -0.25) is 0 Å². The van der Waals surface area contributed by atoms with Crippen molar-refractivity contribution >= 4 is 98.2 Å². The molecule has 1 nitrogen and oxygen atoms in total. The maximum absolute atomic E-state index is 7.02. The average Bonchev–Trinajstić information content (AvgIpc) is 3.69. The van der Waals surface area contributed by atoms with Crippen molar-refractivity contribution in [3.05, 3.63) is 216 Å². The fourth-order valence-electron chi connectivity index (χ4n) is 10.3. The molecule has 1 heterocycles. The van der Waals surface area contributed by atoms with Gasteiger partial charge in [-0.15, -0.1) is 0 Å². The number of hydrogen-bond acceptors (Lipinski definition) is 1. The molecule has 0 bridgehead atoms. The quantitative estimate of drug-likeness (QED) is 0.0932. The van der Waals surface area contributed by atoms with Gasteiger partial charge >= 0.3 is 0 Å². The number of furan rings is 1. The Bertz CT molecular complexity index is 3850. The van der Waals surface area contributed by atoms with Gasteiger partial charge in [0, 0.05) is 21.5 Å². The van der Waals surface area contributed by atoms with Crippen LogP contribution in [0.3, 0.4) is 0 Å². The van der Waals surface area contributed by atoms with Crippen molar-refractivity contribution < 1.29 is 4.42 Å². The monoisotopic (exact) mass is 774 g/mol. The highest BCUT2D eigenvalue weighted by Crippen LogP contribution is 2.51. The van der Waals surface area contributed by atoms with Gasteiger partial charge in [0.15, 0.2) is 0 Å². The molecule has 1 heteroatoms. The first-order valence-electron chi connectivity index (χ1n) is 21.3. The van der Waals surface area contributed by atoms with Crippen LogP contribution in [0.1, 0.15) is 22.3 Å². The molecule has 0 spiro atoms. The number of hydrogen-bond donors (Lipinski definition) is 0. The third-order valence-electron chi connectivity index (χ3n) is 13.3. The second kappa shape index (κ2) is 13.1. The number of benzene rings is 11. The maximum Gasteiger partial charge on any atom is 0.143 e. The summed E-state index contributed by atoms with van der Waals surface area (Å²) in [5.74, 6) is 0. The van der Waals surface area contributed by atoms with Gasteiger partial charge in [-0.1, -0.05) is 188 Å². The highest BCUT2D eigenvalue weighted by atomic mass is 16.3. The maximum atomic E-state index is 7.02. The molecule has 0 saturated carbocycles. The van der Waals surface area contributed by atoms with Gasteiger partial charge in [0.1, 0.15) is 11.2 Å². The Morgan fingerprint density at radius 3 is 1.61 bits per heavy atom. The predicted octanol–water partition coefficient (Wildman–Crippen LogP) is 16.8. The van der Waals surface area contributed by atoms with Crippen LogP contribution in [0.2, 0.25) is 0 Å². The van der Waals surface area contributed by atoms with Crippen molar-refractivity contribution in [2.24, 2.45) is 0 Å². The molecule has 13 aromatic rings. The second-order valence-electron chi connectivity index (χ2n) is 16.8. The van der Waals surface area contributed by atoms with Gasteiger partial charge in [-0.2, -0.15) is 0 Å². The summed E-state index contributed by atoms with van der Waals surface area (Å²) in [6, 6.07) is 71.4. The molecule has 0 saturated heterocycles. The molecule has 0 radical (unpaired) electrons. The number of allylic oxidation sites excluding steroid dienone is 1. The summed E-state index contributed by atoms with van der Waals surface area (Å²) < 4.78 is 7.02. The SMILES string of the molecule is Cc1ccc(-c2ccc3c(c2)c2ccc2c2c4cccc5c6c7ccc(-c8ccc(/C=C(/Cc9ccccc9)c9ccccc9)cc8)cc7oc6c6cccc(c32)c6c54)cc1. The van der Waals surface area contributed by atoms with Crippen LogP contribution >= 0.6 is 0 Å². The molecule has 1 aromatic heterocycles. The molecule has 284 valence electrons. The van der Waals surface area contributed by atoms with Crippen LogP contribution in [0.15, 0.2) is 199 Å². The minimum atomic E-state index is 0.874. The molecule has 0 unspecified atom stereocenters. The summed E-state index contributed by atoms with van der Waals surface area (Å²) >= 11 is 0.